The molecule has 3 N–H and O–H groups in total. The van der Waals surface area contributed by atoms with Gasteiger partial charge in [-0.05, 0) is 38.1 Å². The molecule has 0 spiro atoms. The van der Waals surface area contributed by atoms with Gasteiger partial charge in [0.15, 0.2) is 9.84 Å². The van der Waals surface area contributed by atoms with Crippen molar-refractivity contribution in [2.24, 2.45) is 5.73 Å². The van der Waals surface area contributed by atoms with Gasteiger partial charge in [0, 0.05) is 18.3 Å². The van der Waals surface area contributed by atoms with Crippen molar-refractivity contribution in [2.75, 3.05) is 19.4 Å². The number of sulfone groups is 1. The Bertz CT molecular complexity index is 585. The molecule has 0 fully saturated rings. The Morgan fingerprint density at radius 3 is 2.27 bits per heavy atom. The van der Waals surface area contributed by atoms with E-state index in [9.17, 15) is 13.2 Å². The zero-order valence-corrected chi connectivity index (χ0v) is 14.6. The van der Waals surface area contributed by atoms with E-state index in [1.54, 1.807) is 12.1 Å². The van der Waals surface area contributed by atoms with Crippen LogP contribution in [0.5, 0.6) is 5.75 Å². The van der Waals surface area contributed by atoms with E-state index in [-0.39, 0.29) is 36.2 Å². The summed E-state index contributed by atoms with van der Waals surface area (Å²) >= 11 is 0. The molecule has 0 saturated carbocycles. The number of amides is 1. The first-order valence-electron chi connectivity index (χ1n) is 6.58. The number of ether oxygens (including phenoxy) is 1. The van der Waals surface area contributed by atoms with Crippen molar-refractivity contribution in [3.05, 3.63) is 24.3 Å². The molecule has 8 heteroatoms. The van der Waals surface area contributed by atoms with Crippen LogP contribution in [-0.4, -0.2) is 39.3 Å². The third kappa shape index (κ3) is 7.11. The van der Waals surface area contributed by atoms with Crippen molar-refractivity contribution in [1.29, 1.82) is 0 Å². The molecule has 0 radical (unpaired) electrons. The monoisotopic (exact) mass is 350 g/mol. The molecule has 0 bridgehead atoms. The Hall–Kier alpha value is -1.31. The van der Waals surface area contributed by atoms with Gasteiger partial charge in [-0.25, -0.2) is 8.42 Å². The highest BCUT2D eigenvalue weighted by molar-refractivity contribution is 7.90. The van der Waals surface area contributed by atoms with Crippen molar-refractivity contribution < 1.29 is 17.9 Å². The van der Waals surface area contributed by atoms with Crippen LogP contribution >= 0.6 is 12.4 Å². The molecule has 0 aliphatic rings. The zero-order chi connectivity index (χ0) is 16.1. The van der Waals surface area contributed by atoms with Gasteiger partial charge in [-0.15, -0.1) is 12.4 Å². The number of rotatable bonds is 7. The lowest BCUT2D eigenvalue weighted by atomic mass is 10.1. The van der Waals surface area contributed by atoms with Gasteiger partial charge in [0.2, 0.25) is 5.91 Å². The maximum absolute atomic E-state index is 11.7. The summed E-state index contributed by atoms with van der Waals surface area (Å²) in [6, 6.07) is 6.08. The van der Waals surface area contributed by atoms with Crippen molar-refractivity contribution >= 4 is 28.2 Å². The lowest BCUT2D eigenvalue weighted by Crippen LogP contribution is -2.49. The minimum atomic E-state index is -3.21. The van der Waals surface area contributed by atoms with Gasteiger partial charge in [0.05, 0.1) is 17.9 Å². The maximum Gasteiger partial charge on any atom is 0.223 e. The van der Waals surface area contributed by atoms with Crippen molar-refractivity contribution in [3.8, 4) is 5.75 Å². The number of nitrogens with two attached hydrogens (primary N) is 1. The number of hydrogen-bond acceptors (Lipinski definition) is 5. The standard InChI is InChI=1S/C14H22N2O4S.ClH/c1-14(2,10-15)16-13(17)8-9-20-11-4-6-12(7-5-11)21(3,18)19;/h4-7H,8-10,15H2,1-3H3,(H,16,17);1H. The molecule has 6 nitrogen and oxygen atoms in total. The highest BCUT2D eigenvalue weighted by atomic mass is 35.5. The fourth-order valence-electron chi connectivity index (χ4n) is 1.54. The molecule has 0 saturated heterocycles. The summed E-state index contributed by atoms with van der Waals surface area (Å²) in [6.07, 6.45) is 1.35. The van der Waals surface area contributed by atoms with Crippen LogP contribution in [0.2, 0.25) is 0 Å². The third-order valence-corrected chi connectivity index (χ3v) is 3.97. The van der Waals surface area contributed by atoms with Crippen LogP contribution in [0.15, 0.2) is 29.2 Å². The number of carbonyl (C=O) groups is 1. The fraction of sp³-hybridized carbons (Fsp3) is 0.500. The molecule has 0 heterocycles. The first-order valence-corrected chi connectivity index (χ1v) is 8.47. The zero-order valence-electron chi connectivity index (χ0n) is 13.0. The predicted octanol–water partition coefficient (Wildman–Crippen LogP) is 1.13. The summed E-state index contributed by atoms with van der Waals surface area (Å²) in [5.74, 6) is 0.381. The van der Waals surface area contributed by atoms with E-state index >= 15 is 0 Å². The van der Waals surface area contributed by atoms with Gasteiger partial charge in [-0.1, -0.05) is 0 Å². The van der Waals surface area contributed by atoms with Gasteiger partial charge in [-0.3, -0.25) is 4.79 Å². The molecule has 22 heavy (non-hydrogen) atoms. The number of carbonyl (C=O) groups excluding carboxylic acids is 1. The molecule has 0 aliphatic heterocycles. The second-order valence-electron chi connectivity index (χ2n) is 5.48. The smallest absolute Gasteiger partial charge is 0.223 e. The highest BCUT2D eigenvalue weighted by Gasteiger charge is 2.17. The van der Waals surface area contributed by atoms with E-state index in [1.165, 1.54) is 12.1 Å². The molecule has 0 aromatic heterocycles. The Morgan fingerprint density at radius 2 is 1.82 bits per heavy atom. The summed E-state index contributed by atoms with van der Waals surface area (Å²) in [5, 5.41) is 2.80. The summed E-state index contributed by atoms with van der Waals surface area (Å²) in [4.78, 5) is 11.9. The molecule has 1 amide bonds. The van der Waals surface area contributed by atoms with Crippen LogP contribution in [-0.2, 0) is 14.6 Å². The largest absolute Gasteiger partial charge is 0.493 e. The van der Waals surface area contributed by atoms with Crippen molar-refractivity contribution in [3.63, 3.8) is 0 Å². The highest BCUT2D eigenvalue weighted by Crippen LogP contribution is 2.15. The minimum Gasteiger partial charge on any atom is -0.493 e. The van der Waals surface area contributed by atoms with E-state index in [2.05, 4.69) is 5.32 Å². The second kappa shape index (κ2) is 8.36. The molecule has 1 aromatic rings. The quantitative estimate of drug-likeness (QED) is 0.768. The third-order valence-electron chi connectivity index (χ3n) is 2.84. The number of benzene rings is 1. The SMILES string of the molecule is CC(C)(CN)NC(=O)CCOc1ccc(S(C)(=O)=O)cc1.Cl. The van der Waals surface area contributed by atoms with E-state index in [0.29, 0.717) is 12.3 Å². The van der Waals surface area contributed by atoms with Crippen LogP contribution in [0.25, 0.3) is 0 Å². The van der Waals surface area contributed by atoms with Gasteiger partial charge in [0.1, 0.15) is 5.75 Å². The van der Waals surface area contributed by atoms with Gasteiger partial charge < -0.3 is 15.8 Å². The van der Waals surface area contributed by atoms with Crippen LogP contribution in [0.4, 0.5) is 0 Å². The van der Waals surface area contributed by atoms with Gasteiger partial charge >= 0.3 is 0 Å². The van der Waals surface area contributed by atoms with Crippen molar-refractivity contribution in [2.45, 2.75) is 30.7 Å². The van der Waals surface area contributed by atoms with Crippen LogP contribution < -0.4 is 15.8 Å². The number of halogens is 1. The number of nitrogens with one attached hydrogen (secondary N) is 1. The van der Waals surface area contributed by atoms with E-state index < -0.39 is 15.4 Å². The van der Waals surface area contributed by atoms with Gasteiger partial charge in [-0.2, -0.15) is 0 Å². The summed E-state index contributed by atoms with van der Waals surface area (Å²) < 4.78 is 28.0. The normalized spacial score (nSPS) is 11.5. The molecule has 1 aromatic carbocycles. The molecule has 0 unspecified atom stereocenters. The fourth-order valence-corrected chi connectivity index (χ4v) is 2.17. The summed E-state index contributed by atoms with van der Waals surface area (Å²) in [6.45, 7) is 4.25. The minimum absolute atomic E-state index is 0. The lowest BCUT2D eigenvalue weighted by molar-refractivity contribution is -0.123. The Balaban J connectivity index is 0.00000441. The molecular formula is C14H23ClN2O4S. The first-order chi connectivity index (χ1) is 9.64. The summed E-state index contributed by atoms with van der Waals surface area (Å²) in [7, 11) is -3.21. The molecule has 1 rings (SSSR count). The van der Waals surface area contributed by atoms with Crippen molar-refractivity contribution in [1.82, 2.24) is 5.32 Å². The average Bonchev–Trinajstić information content (AvgIpc) is 2.37. The molecule has 126 valence electrons. The molecule has 0 atom stereocenters. The van der Waals surface area contributed by atoms with Gasteiger partial charge in [0.25, 0.3) is 0 Å². The van der Waals surface area contributed by atoms with Crippen LogP contribution in [0, 0.1) is 0 Å². The van der Waals surface area contributed by atoms with E-state index in [4.69, 9.17) is 10.5 Å². The average molecular weight is 351 g/mol. The maximum atomic E-state index is 11.7. The Morgan fingerprint density at radius 1 is 1.27 bits per heavy atom. The van der Waals surface area contributed by atoms with E-state index in [0.717, 1.165) is 6.26 Å². The molecular weight excluding hydrogens is 328 g/mol. The summed E-state index contributed by atoms with van der Waals surface area (Å²) in [5.41, 5.74) is 5.09. The predicted molar refractivity (Wildman–Crippen MR) is 88.2 cm³/mol. The Kier molecular flexibility index (Phi) is 7.86. The lowest BCUT2D eigenvalue weighted by Gasteiger charge is -2.24. The second-order valence-corrected chi connectivity index (χ2v) is 7.49. The molecule has 0 aliphatic carbocycles. The topological polar surface area (TPSA) is 98.5 Å². The van der Waals surface area contributed by atoms with Crippen LogP contribution in [0.1, 0.15) is 20.3 Å². The Labute approximate surface area is 137 Å². The van der Waals surface area contributed by atoms with E-state index in [1.807, 2.05) is 13.8 Å². The van der Waals surface area contributed by atoms with Crippen LogP contribution in [0.3, 0.4) is 0 Å². The first kappa shape index (κ1) is 20.7. The number of hydrogen-bond donors (Lipinski definition) is 2.